The van der Waals surface area contributed by atoms with Crippen molar-refractivity contribution in [3.8, 4) is 5.75 Å². The van der Waals surface area contributed by atoms with Crippen molar-refractivity contribution in [1.29, 1.82) is 0 Å². The van der Waals surface area contributed by atoms with Crippen molar-refractivity contribution in [3.05, 3.63) is 68.8 Å². The van der Waals surface area contributed by atoms with E-state index in [0.717, 1.165) is 30.4 Å². The fraction of sp³-hybridized carbons (Fsp3) is 0.400. The number of aliphatic hydroxyl groups excluding tert-OH is 1. The topological polar surface area (TPSA) is 107 Å². The van der Waals surface area contributed by atoms with Crippen LogP contribution in [-0.4, -0.2) is 29.4 Å². The van der Waals surface area contributed by atoms with Crippen LogP contribution in [0.15, 0.2) is 36.4 Å². The summed E-state index contributed by atoms with van der Waals surface area (Å²) < 4.78 is 5.72. The first-order chi connectivity index (χ1) is 15.5. The van der Waals surface area contributed by atoms with Crippen LogP contribution < -0.4 is 4.74 Å². The highest BCUT2D eigenvalue weighted by molar-refractivity contribution is 5.99. The number of allylic oxidation sites excluding steroid dienone is 2. The summed E-state index contributed by atoms with van der Waals surface area (Å²) >= 11 is 0. The second-order valence-electron chi connectivity index (χ2n) is 8.13. The number of ether oxygens (including phenoxy) is 1. The molecule has 0 amide bonds. The van der Waals surface area contributed by atoms with E-state index in [9.17, 15) is 15.2 Å². The van der Waals surface area contributed by atoms with E-state index in [1.165, 1.54) is 47.6 Å². The fourth-order valence-electron chi connectivity index (χ4n) is 4.88. The number of benzene rings is 2. The summed E-state index contributed by atoms with van der Waals surface area (Å²) in [6.07, 6.45) is 7.07. The summed E-state index contributed by atoms with van der Waals surface area (Å²) in [6, 6.07) is 11.7. The lowest BCUT2D eigenvalue weighted by Crippen LogP contribution is -2.10. The standard InChI is InChI=1S/C24H27NO4.CO2/c1-16-10-11-19-18(14-16)15-21(23(19)17-6-3-2-4-7-17)20-8-5-9-22(25(27)28)24(20)29-13-12-26;2-1-3/h5,8-11,14,17,26H,2-4,6-7,12-13,15H2,1H3;. The lowest BCUT2D eigenvalue weighted by atomic mass is 9.79. The minimum absolute atomic E-state index is 0.0377. The van der Waals surface area contributed by atoms with Gasteiger partial charge in [0.25, 0.3) is 0 Å². The maximum absolute atomic E-state index is 11.6. The average Bonchev–Trinajstić information content (AvgIpc) is 3.16. The summed E-state index contributed by atoms with van der Waals surface area (Å²) in [5.41, 5.74) is 7.05. The van der Waals surface area contributed by atoms with Crippen LogP contribution in [-0.2, 0) is 16.0 Å². The first-order valence-electron chi connectivity index (χ1n) is 10.9. The van der Waals surface area contributed by atoms with E-state index in [1.54, 1.807) is 6.07 Å². The minimum Gasteiger partial charge on any atom is -0.484 e. The third-order valence-electron chi connectivity index (χ3n) is 6.11. The van der Waals surface area contributed by atoms with Crippen LogP contribution in [0.5, 0.6) is 5.75 Å². The maximum Gasteiger partial charge on any atom is 0.373 e. The minimum atomic E-state index is -0.400. The molecule has 1 saturated carbocycles. The molecule has 0 heterocycles. The molecule has 7 nitrogen and oxygen atoms in total. The van der Waals surface area contributed by atoms with Crippen LogP contribution >= 0.6 is 0 Å². The van der Waals surface area contributed by atoms with Gasteiger partial charge in [-0.05, 0) is 54.4 Å². The predicted octanol–water partition coefficient (Wildman–Crippen LogP) is 4.74. The molecule has 0 radical (unpaired) electrons. The molecule has 0 unspecified atom stereocenters. The third-order valence-corrected chi connectivity index (χ3v) is 6.11. The summed E-state index contributed by atoms with van der Waals surface area (Å²) in [5.74, 6) is 0.757. The zero-order chi connectivity index (χ0) is 23.1. The Bertz CT molecular complexity index is 1050. The van der Waals surface area contributed by atoms with Gasteiger partial charge in [-0.2, -0.15) is 9.59 Å². The first-order valence-corrected chi connectivity index (χ1v) is 10.9. The molecule has 0 aromatic heterocycles. The lowest BCUT2D eigenvalue weighted by molar-refractivity contribution is -0.385. The number of nitro groups is 1. The van der Waals surface area contributed by atoms with Crippen LogP contribution in [0.25, 0.3) is 11.1 Å². The second-order valence-corrected chi connectivity index (χ2v) is 8.13. The van der Waals surface area contributed by atoms with Crippen molar-refractivity contribution >= 4 is 23.0 Å². The predicted molar refractivity (Wildman–Crippen MR) is 119 cm³/mol. The van der Waals surface area contributed by atoms with Crippen molar-refractivity contribution in [1.82, 2.24) is 0 Å². The Hall–Kier alpha value is -3.28. The number of nitro benzene ring substituents is 1. The van der Waals surface area contributed by atoms with Gasteiger partial charge in [0, 0.05) is 11.6 Å². The Morgan fingerprint density at radius 3 is 2.50 bits per heavy atom. The summed E-state index contributed by atoms with van der Waals surface area (Å²) in [4.78, 5) is 27.5. The number of hydrogen-bond acceptors (Lipinski definition) is 6. The molecule has 1 N–H and O–H groups in total. The van der Waals surface area contributed by atoms with E-state index in [4.69, 9.17) is 14.3 Å². The normalized spacial score (nSPS) is 15.4. The highest BCUT2D eigenvalue weighted by atomic mass is 16.6. The molecule has 32 heavy (non-hydrogen) atoms. The molecule has 0 saturated heterocycles. The number of hydrogen-bond donors (Lipinski definition) is 1. The molecule has 0 aliphatic heterocycles. The van der Waals surface area contributed by atoms with Gasteiger partial charge in [0.05, 0.1) is 11.5 Å². The van der Waals surface area contributed by atoms with Crippen molar-refractivity contribution in [2.75, 3.05) is 13.2 Å². The van der Waals surface area contributed by atoms with E-state index >= 15 is 0 Å². The van der Waals surface area contributed by atoms with Gasteiger partial charge in [-0.25, -0.2) is 0 Å². The molecule has 168 valence electrons. The third kappa shape index (κ3) is 4.96. The summed E-state index contributed by atoms with van der Waals surface area (Å²) in [5, 5.41) is 20.9. The van der Waals surface area contributed by atoms with E-state index in [-0.39, 0.29) is 30.8 Å². The smallest absolute Gasteiger partial charge is 0.373 e. The summed E-state index contributed by atoms with van der Waals surface area (Å²) in [7, 11) is 0. The Labute approximate surface area is 186 Å². The number of nitrogens with zero attached hydrogens (tertiary/aromatic N) is 1. The molecule has 2 aliphatic carbocycles. The summed E-state index contributed by atoms with van der Waals surface area (Å²) in [6.45, 7) is 1.96. The van der Waals surface area contributed by atoms with Gasteiger partial charge in [-0.3, -0.25) is 10.1 Å². The molecule has 0 spiro atoms. The van der Waals surface area contributed by atoms with E-state index in [1.807, 2.05) is 6.07 Å². The molecule has 4 rings (SSSR count). The monoisotopic (exact) mass is 437 g/mol. The van der Waals surface area contributed by atoms with Crippen molar-refractivity contribution in [3.63, 3.8) is 0 Å². The van der Waals surface area contributed by atoms with Gasteiger partial charge in [0.15, 0.2) is 0 Å². The van der Waals surface area contributed by atoms with Crippen LogP contribution in [0.4, 0.5) is 5.69 Å². The van der Waals surface area contributed by atoms with Crippen LogP contribution in [0, 0.1) is 23.0 Å². The molecule has 7 heteroatoms. The highest BCUT2D eigenvalue weighted by Crippen LogP contribution is 2.49. The number of rotatable bonds is 6. The number of carbonyl (C=O) groups excluding carboxylic acids is 2. The molecular weight excluding hydrogens is 410 g/mol. The molecular formula is C25H27NO6. The quantitative estimate of drug-likeness (QED) is 0.517. The lowest BCUT2D eigenvalue weighted by Gasteiger charge is -2.25. The number of para-hydroxylation sites is 1. The van der Waals surface area contributed by atoms with Gasteiger partial charge in [-0.1, -0.05) is 55.2 Å². The molecule has 2 aliphatic rings. The molecule has 1 fully saturated rings. The van der Waals surface area contributed by atoms with Crippen molar-refractivity contribution in [2.45, 2.75) is 45.4 Å². The largest absolute Gasteiger partial charge is 0.484 e. The van der Waals surface area contributed by atoms with Crippen LogP contribution in [0.3, 0.4) is 0 Å². The fourth-order valence-corrected chi connectivity index (χ4v) is 4.88. The first kappa shape index (κ1) is 23.4. The van der Waals surface area contributed by atoms with Crippen LogP contribution in [0.2, 0.25) is 0 Å². The van der Waals surface area contributed by atoms with Crippen molar-refractivity contribution in [2.24, 2.45) is 5.92 Å². The van der Waals surface area contributed by atoms with E-state index < -0.39 is 4.92 Å². The Morgan fingerprint density at radius 2 is 1.84 bits per heavy atom. The van der Waals surface area contributed by atoms with Crippen LogP contribution in [0.1, 0.15) is 54.4 Å². The second kappa shape index (κ2) is 10.8. The Balaban J connectivity index is 0.000000913. The van der Waals surface area contributed by atoms with Gasteiger partial charge >= 0.3 is 11.8 Å². The average molecular weight is 437 g/mol. The zero-order valence-electron chi connectivity index (χ0n) is 18.1. The van der Waals surface area contributed by atoms with Gasteiger partial charge in [-0.15, -0.1) is 0 Å². The zero-order valence-corrected chi connectivity index (χ0v) is 18.1. The van der Waals surface area contributed by atoms with Gasteiger partial charge in [0.1, 0.15) is 6.61 Å². The maximum atomic E-state index is 11.6. The number of aliphatic hydroxyl groups is 1. The number of fused-ring (bicyclic) bond motifs is 1. The Morgan fingerprint density at radius 1 is 1.12 bits per heavy atom. The number of aryl methyl sites for hydroxylation is 1. The van der Waals surface area contributed by atoms with Gasteiger partial charge < -0.3 is 9.84 Å². The molecule has 0 bridgehead atoms. The highest BCUT2D eigenvalue weighted by Gasteiger charge is 2.32. The van der Waals surface area contributed by atoms with Gasteiger partial charge in [0.2, 0.25) is 5.75 Å². The molecule has 2 aromatic carbocycles. The van der Waals surface area contributed by atoms with E-state index in [2.05, 4.69) is 25.1 Å². The van der Waals surface area contributed by atoms with Crippen molar-refractivity contribution < 1.29 is 24.4 Å². The Kier molecular flexibility index (Phi) is 7.92. The molecule has 0 atom stereocenters. The SMILES string of the molecule is Cc1ccc2c(c1)CC(c1cccc([N+](=O)[O-])c1OCCO)=C2C1CCCCC1.O=C=O. The molecule has 2 aromatic rings. The van der Waals surface area contributed by atoms with E-state index in [0.29, 0.717) is 5.92 Å².